The van der Waals surface area contributed by atoms with Crippen molar-refractivity contribution in [1.82, 2.24) is 4.98 Å². The lowest BCUT2D eigenvalue weighted by molar-refractivity contribution is 0.437. The molecule has 1 unspecified atom stereocenters. The molecular weight excluding hydrogens is 246 g/mol. The second kappa shape index (κ2) is 6.38. The van der Waals surface area contributed by atoms with Gasteiger partial charge in [0.05, 0.1) is 11.1 Å². The number of nitriles is 1. The predicted octanol–water partition coefficient (Wildman–Crippen LogP) is 4.34. The quantitative estimate of drug-likeness (QED) is 0.876. The number of aromatic nitrogens is 1. The van der Waals surface area contributed by atoms with Crippen LogP contribution in [0.15, 0.2) is 30.3 Å². The fraction of sp³-hybridized carbons (Fsp3) is 0.412. The molecule has 0 aliphatic heterocycles. The molecule has 3 nitrogen and oxygen atoms in total. The molecule has 2 rings (SSSR count). The molecule has 0 amide bonds. The summed E-state index contributed by atoms with van der Waals surface area (Å²) in [5, 5.41) is 13.7. The third-order valence-corrected chi connectivity index (χ3v) is 3.96. The summed E-state index contributed by atoms with van der Waals surface area (Å²) in [5.74, 6) is 1.29. The highest BCUT2D eigenvalue weighted by atomic mass is 15.0. The van der Waals surface area contributed by atoms with E-state index in [4.69, 9.17) is 0 Å². The zero-order chi connectivity index (χ0) is 14.5. The molecule has 0 bridgehead atoms. The van der Waals surface area contributed by atoms with Crippen LogP contribution in [0.2, 0.25) is 0 Å². The predicted molar refractivity (Wildman–Crippen MR) is 83.6 cm³/mol. The summed E-state index contributed by atoms with van der Waals surface area (Å²) in [5.41, 5.74) is 1.53. The number of hydrogen-bond acceptors (Lipinski definition) is 3. The lowest BCUT2D eigenvalue weighted by Crippen LogP contribution is -2.26. The maximum absolute atomic E-state index is 9.31. The van der Waals surface area contributed by atoms with E-state index in [1.54, 1.807) is 0 Å². The van der Waals surface area contributed by atoms with Gasteiger partial charge >= 0.3 is 0 Å². The third-order valence-electron chi connectivity index (χ3n) is 3.96. The number of pyridine rings is 1. The summed E-state index contributed by atoms with van der Waals surface area (Å²) in [6.45, 7) is 6.56. The molecule has 0 saturated heterocycles. The molecule has 0 aliphatic rings. The second-order valence-corrected chi connectivity index (χ2v) is 5.20. The van der Waals surface area contributed by atoms with Crippen molar-refractivity contribution in [3.8, 4) is 6.07 Å². The summed E-state index contributed by atoms with van der Waals surface area (Å²) in [7, 11) is 0. The number of nitrogens with zero attached hydrogens (tertiary/aromatic N) is 2. The minimum atomic E-state index is 0.311. The SMILES string of the molecule is CCC(CC)C(C)Nc1nc2ccccc2cc1C#N. The smallest absolute Gasteiger partial charge is 0.144 e. The average Bonchev–Trinajstić information content (AvgIpc) is 2.47. The van der Waals surface area contributed by atoms with Crippen LogP contribution in [0.1, 0.15) is 39.2 Å². The van der Waals surface area contributed by atoms with Crippen molar-refractivity contribution in [1.29, 1.82) is 5.26 Å². The maximum atomic E-state index is 9.31. The lowest BCUT2D eigenvalue weighted by atomic mass is 9.95. The summed E-state index contributed by atoms with van der Waals surface area (Å²) in [6.07, 6.45) is 2.25. The third kappa shape index (κ3) is 2.91. The molecular formula is C17H21N3. The Labute approximate surface area is 120 Å². The standard InChI is InChI=1S/C17H21N3/c1-4-13(5-2)12(3)19-17-15(11-18)10-14-8-6-7-9-16(14)20-17/h6-10,12-13H,4-5H2,1-3H3,(H,19,20). The van der Waals surface area contributed by atoms with Gasteiger partial charge in [-0.1, -0.05) is 44.9 Å². The van der Waals surface area contributed by atoms with Crippen LogP contribution >= 0.6 is 0 Å². The Morgan fingerprint density at radius 3 is 2.60 bits per heavy atom. The van der Waals surface area contributed by atoms with Gasteiger partial charge in [0.25, 0.3) is 0 Å². The first-order valence-corrected chi connectivity index (χ1v) is 7.26. The van der Waals surface area contributed by atoms with Gasteiger partial charge in [-0.25, -0.2) is 4.98 Å². The first-order chi connectivity index (χ1) is 9.69. The van der Waals surface area contributed by atoms with E-state index in [1.807, 2.05) is 30.3 Å². The topological polar surface area (TPSA) is 48.7 Å². The van der Waals surface area contributed by atoms with Crippen molar-refractivity contribution >= 4 is 16.7 Å². The van der Waals surface area contributed by atoms with Crippen LogP contribution < -0.4 is 5.32 Å². The Hall–Kier alpha value is -2.08. The number of fused-ring (bicyclic) bond motifs is 1. The molecule has 0 aliphatic carbocycles. The number of nitrogens with one attached hydrogen (secondary N) is 1. The van der Waals surface area contributed by atoms with E-state index in [2.05, 4.69) is 37.1 Å². The molecule has 1 atom stereocenters. The van der Waals surface area contributed by atoms with Crippen LogP contribution in [0.5, 0.6) is 0 Å². The second-order valence-electron chi connectivity index (χ2n) is 5.20. The number of anilines is 1. The van der Waals surface area contributed by atoms with Gasteiger partial charge in [0.1, 0.15) is 11.9 Å². The van der Waals surface area contributed by atoms with Gasteiger partial charge in [0, 0.05) is 11.4 Å². The zero-order valence-corrected chi connectivity index (χ0v) is 12.4. The molecule has 2 aromatic rings. The Balaban J connectivity index is 2.35. The molecule has 1 heterocycles. The summed E-state index contributed by atoms with van der Waals surface area (Å²) in [6, 6.07) is 12.4. The van der Waals surface area contributed by atoms with Crippen LogP contribution in [0.4, 0.5) is 5.82 Å². The highest BCUT2D eigenvalue weighted by molar-refractivity contribution is 5.82. The van der Waals surface area contributed by atoms with E-state index in [9.17, 15) is 5.26 Å². The molecule has 0 saturated carbocycles. The highest BCUT2D eigenvalue weighted by Gasteiger charge is 2.16. The molecule has 0 spiro atoms. The Morgan fingerprint density at radius 2 is 1.95 bits per heavy atom. The van der Waals surface area contributed by atoms with E-state index in [-0.39, 0.29) is 0 Å². The molecule has 0 fully saturated rings. The van der Waals surface area contributed by atoms with Crippen LogP contribution in [0.3, 0.4) is 0 Å². The Bertz CT molecular complexity index is 624. The number of benzene rings is 1. The maximum Gasteiger partial charge on any atom is 0.144 e. The van der Waals surface area contributed by atoms with Gasteiger partial charge in [0.15, 0.2) is 0 Å². The van der Waals surface area contributed by atoms with E-state index in [1.165, 1.54) is 0 Å². The van der Waals surface area contributed by atoms with Gasteiger partial charge in [0.2, 0.25) is 0 Å². The normalized spacial score (nSPS) is 12.3. The van der Waals surface area contributed by atoms with Gasteiger partial charge in [-0.3, -0.25) is 0 Å². The Morgan fingerprint density at radius 1 is 1.25 bits per heavy atom. The molecule has 1 N–H and O–H groups in total. The van der Waals surface area contributed by atoms with Crippen molar-refractivity contribution in [3.63, 3.8) is 0 Å². The molecule has 0 radical (unpaired) electrons. The number of para-hydroxylation sites is 1. The summed E-state index contributed by atoms with van der Waals surface area (Å²) < 4.78 is 0. The molecule has 20 heavy (non-hydrogen) atoms. The van der Waals surface area contributed by atoms with Gasteiger partial charge in [-0.15, -0.1) is 0 Å². The van der Waals surface area contributed by atoms with Crippen molar-refractivity contribution in [2.24, 2.45) is 5.92 Å². The van der Waals surface area contributed by atoms with E-state index < -0.39 is 0 Å². The minimum Gasteiger partial charge on any atom is -0.366 e. The zero-order valence-electron chi connectivity index (χ0n) is 12.4. The molecule has 104 valence electrons. The van der Waals surface area contributed by atoms with Crippen LogP contribution in [0, 0.1) is 17.2 Å². The van der Waals surface area contributed by atoms with Crippen molar-refractivity contribution in [2.75, 3.05) is 5.32 Å². The number of hydrogen-bond donors (Lipinski definition) is 1. The van der Waals surface area contributed by atoms with Crippen LogP contribution in [-0.4, -0.2) is 11.0 Å². The summed E-state index contributed by atoms with van der Waals surface area (Å²) in [4.78, 5) is 4.60. The van der Waals surface area contributed by atoms with Crippen LogP contribution in [-0.2, 0) is 0 Å². The first-order valence-electron chi connectivity index (χ1n) is 7.26. The van der Waals surface area contributed by atoms with Crippen molar-refractivity contribution < 1.29 is 0 Å². The highest BCUT2D eigenvalue weighted by Crippen LogP contribution is 2.23. The first kappa shape index (κ1) is 14.3. The molecule has 3 heteroatoms. The monoisotopic (exact) mass is 267 g/mol. The van der Waals surface area contributed by atoms with Gasteiger partial charge < -0.3 is 5.32 Å². The van der Waals surface area contributed by atoms with Crippen molar-refractivity contribution in [3.05, 3.63) is 35.9 Å². The van der Waals surface area contributed by atoms with Gasteiger partial charge in [-0.05, 0) is 25.0 Å². The minimum absolute atomic E-state index is 0.311. The van der Waals surface area contributed by atoms with Crippen LogP contribution in [0.25, 0.3) is 10.9 Å². The fourth-order valence-electron chi connectivity index (χ4n) is 2.64. The molecule has 1 aromatic carbocycles. The fourth-order valence-corrected chi connectivity index (χ4v) is 2.64. The number of rotatable bonds is 5. The molecule has 1 aromatic heterocycles. The van der Waals surface area contributed by atoms with E-state index in [0.29, 0.717) is 23.3 Å². The van der Waals surface area contributed by atoms with Crippen molar-refractivity contribution in [2.45, 2.75) is 39.7 Å². The lowest BCUT2D eigenvalue weighted by Gasteiger charge is -2.23. The average molecular weight is 267 g/mol. The largest absolute Gasteiger partial charge is 0.366 e. The summed E-state index contributed by atoms with van der Waals surface area (Å²) >= 11 is 0. The van der Waals surface area contributed by atoms with E-state index >= 15 is 0 Å². The van der Waals surface area contributed by atoms with Gasteiger partial charge in [-0.2, -0.15) is 5.26 Å². The Kier molecular flexibility index (Phi) is 4.57. The van der Waals surface area contributed by atoms with E-state index in [0.717, 1.165) is 23.7 Å².